The number of hydrogen-bond donors (Lipinski definition) is 1. The number of carbonyl (C=O) groups excluding carboxylic acids is 1. The Balaban J connectivity index is 2.24. The second kappa shape index (κ2) is 3.28. The molecular weight excluding hydrogens is 219 g/mol. The van der Waals surface area contributed by atoms with Crippen molar-refractivity contribution < 1.29 is 9.18 Å². The molecule has 1 saturated carbocycles. The Bertz CT molecular complexity index is 649. The van der Waals surface area contributed by atoms with Gasteiger partial charge in [-0.3, -0.25) is 0 Å². The zero-order valence-electron chi connectivity index (χ0n) is 9.38. The molecule has 0 atom stereocenters. The number of fused-ring (bicyclic) bond motifs is 1. The largest absolute Gasteiger partial charge is 0.359 e. The van der Waals surface area contributed by atoms with E-state index in [4.69, 9.17) is 0 Å². The smallest absolute Gasteiger partial charge is 0.235 e. The van der Waals surface area contributed by atoms with Crippen molar-refractivity contribution in [3.05, 3.63) is 35.3 Å². The first-order valence-corrected chi connectivity index (χ1v) is 5.54. The molecule has 0 aliphatic heterocycles. The van der Waals surface area contributed by atoms with Crippen LogP contribution in [-0.4, -0.2) is 11.1 Å². The van der Waals surface area contributed by atoms with E-state index in [-0.39, 0.29) is 5.82 Å². The highest BCUT2D eigenvalue weighted by atomic mass is 19.1. The van der Waals surface area contributed by atoms with Crippen LogP contribution in [0.3, 0.4) is 0 Å². The summed E-state index contributed by atoms with van der Waals surface area (Å²) in [6, 6.07) is 5.32. The summed E-state index contributed by atoms with van der Waals surface area (Å²) >= 11 is 0. The second-order valence-corrected chi connectivity index (χ2v) is 4.58. The normalized spacial score (nSPS) is 16.8. The molecule has 3 nitrogen and oxygen atoms in total. The Morgan fingerprint density at radius 1 is 1.47 bits per heavy atom. The maximum Gasteiger partial charge on any atom is 0.235 e. The Morgan fingerprint density at radius 2 is 2.24 bits per heavy atom. The zero-order chi connectivity index (χ0) is 12.0. The maximum atomic E-state index is 14.3. The first-order chi connectivity index (χ1) is 8.16. The van der Waals surface area contributed by atoms with Crippen LogP contribution in [0.2, 0.25) is 0 Å². The van der Waals surface area contributed by atoms with Crippen LogP contribution in [0.1, 0.15) is 24.1 Å². The number of H-pyrrole nitrogens is 1. The van der Waals surface area contributed by atoms with Crippen LogP contribution in [0.25, 0.3) is 10.9 Å². The highest BCUT2D eigenvalue weighted by Gasteiger charge is 2.47. The van der Waals surface area contributed by atoms with Gasteiger partial charge in [-0.25, -0.2) is 9.18 Å². The molecule has 0 radical (unpaired) electrons. The van der Waals surface area contributed by atoms with Crippen molar-refractivity contribution in [3.8, 4) is 0 Å². The van der Waals surface area contributed by atoms with Crippen molar-refractivity contribution in [2.45, 2.75) is 25.3 Å². The quantitative estimate of drug-likeness (QED) is 0.625. The molecule has 1 aliphatic carbocycles. The van der Waals surface area contributed by atoms with E-state index in [2.05, 4.69) is 9.98 Å². The fraction of sp³-hybridized carbons (Fsp3) is 0.308. The van der Waals surface area contributed by atoms with Crippen molar-refractivity contribution in [2.75, 3.05) is 0 Å². The number of halogens is 1. The molecule has 0 saturated heterocycles. The number of benzene rings is 1. The van der Waals surface area contributed by atoms with E-state index in [9.17, 15) is 9.18 Å². The molecule has 4 heteroatoms. The standard InChI is InChI=1S/C13H11FN2O/c1-8-6-9-11(16-8)3-2-10(12(9)14)13(4-5-13)15-7-17/h2-3,6,16H,4-5H2,1H3. The minimum Gasteiger partial charge on any atom is -0.359 e. The van der Waals surface area contributed by atoms with Crippen molar-refractivity contribution in [1.82, 2.24) is 4.98 Å². The van der Waals surface area contributed by atoms with Crippen molar-refractivity contribution in [2.24, 2.45) is 4.99 Å². The average Bonchev–Trinajstić information content (AvgIpc) is 2.94. The first-order valence-electron chi connectivity index (χ1n) is 5.54. The summed E-state index contributed by atoms with van der Waals surface area (Å²) in [5.41, 5.74) is 1.55. The van der Waals surface area contributed by atoms with Crippen molar-refractivity contribution in [1.29, 1.82) is 0 Å². The van der Waals surface area contributed by atoms with Crippen molar-refractivity contribution >= 4 is 17.0 Å². The van der Waals surface area contributed by atoms with Crippen LogP contribution >= 0.6 is 0 Å². The van der Waals surface area contributed by atoms with E-state index < -0.39 is 5.54 Å². The zero-order valence-corrected chi connectivity index (χ0v) is 9.38. The number of aromatic nitrogens is 1. The molecule has 1 aromatic carbocycles. The van der Waals surface area contributed by atoms with E-state index in [0.717, 1.165) is 11.2 Å². The average molecular weight is 230 g/mol. The van der Waals surface area contributed by atoms with Gasteiger partial charge in [-0.15, -0.1) is 0 Å². The van der Waals surface area contributed by atoms with Crippen LogP contribution in [0.5, 0.6) is 0 Å². The monoisotopic (exact) mass is 230 g/mol. The van der Waals surface area contributed by atoms with Gasteiger partial charge in [0.15, 0.2) is 0 Å². The highest BCUT2D eigenvalue weighted by molar-refractivity contribution is 5.82. The second-order valence-electron chi connectivity index (χ2n) is 4.58. The van der Waals surface area contributed by atoms with E-state index in [1.165, 1.54) is 0 Å². The molecule has 1 aromatic heterocycles. The number of aromatic amines is 1. The van der Waals surface area contributed by atoms with Gasteiger partial charge in [0.2, 0.25) is 6.08 Å². The van der Waals surface area contributed by atoms with Gasteiger partial charge in [0.1, 0.15) is 11.4 Å². The SMILES string of the molecule is Cc1cc2c(F)c(C3(N=C=O)CC3)ccc2[nH]1. The number of isocyanates is 1. The third kappa shape index (κ3) is 1.41. The summed E-state index contributed by atoms with van der Waals surface area (Å²) in [6.07, 6.45) is 2.98. The summed E-state index contributed by atoms with van der Waals surface area (Å²) < 4.78 is 14.3. The fourth-order valence-electron chi connectivity index (χ4n) is 2.31. The highest BCUT2D eigenvalue weighted by Crippen LogP contribution is 2.50. The van der Waals surface area contributed by atoms with Gasteiger partial charge in [0.25, 0.3) is 0 Å². The summed E-state index contributed by atoms with van der Waals surface area (Å²) in [5, 5.41) is 0.562. The molecule has 3 rings (SSSR count). The molecule has 17 heavy (non-hydrogen) atoms. The van der Waals surface area contributed by atoms with Gasteiger partial charge >= 0.3 is 0 Å². The van der Waals surface area contributed by atoms with Gasteiger partial charge < -0.3 is 4.98 Å². The molecule has 1 N–H and O–H groups in total. The Labute approximate surface area is 97.4 Å². The molecule has 0 bridgehead atoms. The summed E-state index contributed by atoms with van der Waals surface area (Å²) in [5.74, 6) is -0.275. The van der Waals surface area contributed by atoms with Crippen LogP contribution in [0, 0.1) is 12.7 Å². The third-order valence-corrected chi connectivity index (χ3v) is 3.36. The van der Waals surface area contributed by atoms with Crippen LogP contribution < -0.4 is 0 Å². The topological polar surface area (TPSA) is 45.2 Å². The van der Waals surface area contributed by atoms with E-state index in [1.54, 1.807) is 18.2 Å². The lowest BCUT2D eigenvalue weighted by molar-refractivity contribution is 0.550. The number of rotatable bonds is 2. The first kappa shape index (κ1) is 10.2. The summed E-state index contributed by atoms with van der Waals surface area (Å²) in [6.45, 7) is 1.88. The number of nitrogens with zero attached hydrogens (tertiary/aromatic N) is 1. The van der Waals surface area contributed by atoms with Gasteiger partial charge in [0, 0.05) is 22.2 Å². The summed E-state index contributed by atoms with van der Waals surface area (Å²) in [7, 11) is 0. The molecule has 86 valence electrons. The lowest BCUT2D eigenvalue weighted by Crippen LogP contribution is -2.05. The predicted molar refractivity (Wildman–Crippen MR) is 62.0 cm³/mol. The molecule has 1 aliphatic rings. The van der Waals surface area contributed by atoms with Crippen LogP contribution in [0.15, 0.2) is 23.2 Å². The Kier molecular flexibility index (Phi) is 1.98. The maximum absolute atomic E-state index is 14.3. The Hall–Kier alpha value is -1.93. The molecule has 2 aromatic rings. The molecule has 0 amide bonds. The number of nitrogens with one attached hydrogen (secondary N) is 1. The molecular formula is C13H11FN2O. The molecule has 1 fully saturated rings. The Morgan fingerprint density at radius 3 is 2.88 bits per heavy atom. The van der Waals surface area contributed by atoms with Crippen molar-refractivity contribution in [3.63, 3.8) is 0 Å². The van der Waals surface area contributed by atoms with Gasteiger partial charge in [-0.05, 0) is 31.9 Å². The molecule has 1 heterocycles. The lowest BCUT2D eigenvalue weighted by atomic mass is 10.0. The number of hydrogen-bond acceptors (Lipinski definition) is 2. The lowest BCUT2D eigenvalue weighted by Gasteiger charge is -2.09. The van der Waals surface area contributed by atoms with E-state index in [1.807, 2.05) is 13.0 Å². The number of aliphatic imine (C=N–C) groups is 1. The predicted octanol–water partition coefficient (Wildman–Crippen LogP) is 2.94. The number of aryl methyl sites for hydroxylation is 1. The van der Waals surface area contributed by atoms with E-state index >= 15 is 0 Å². The van der Waals surface area contributed by atoms with Crippen LogP contribution in [0.4, 0.5) is 4.39 Å². The molecule has 0 unspecified atom stereocenters. The summed E-state index contributed by atoms with van der Waals surface area (Å²) in [4.78, 5) is 17.2. The van der Waals surface area contributed by atoms with Gasteiger partial charge in [0.05, 0.1) is 0 Å². The molecule has 0 spiro atoms. The van der Waals surface area contributed by atoms with E-state index in [0.29, 0.717) is 23.8 Å². The third-order valence-electron chi connectivity index (χ3n) is 3.36. The fourth-order valence-corrected chi connectivity index (χ4v) is 2.31. The van der Waals surface area contributed by atoms with Gasteiger partial charge in [-0.1, -0.05) is 6.07 Å². The van der Waals surface area contributed by atoms with Crippen LogP contribution in [-0.2, 0) is 10.3 Å². The van der Waals surface area contributed by atoms with Gasteiger partial charge in [-0.2, -0.15) is 4.99 Å². The minimum atomic E-state index is -0.648. The minimum absolute atomic E-state index is 0.275.